The third-order valence-electron chi connectivity index (χ3n) is 3.78. The van der Waals surface area contributed by atoms with Crippen LogP contribution in [0, 0.1) is 6.92 Å². The zero-order valence-corrected chi connectivity index (χ0v) is 15.0. The number of hydrogen-bond donors (Lipinski definition) is 2. The first-order chi connectivity index (χ1) is 12.0. The normalized spacial score (nSPS) is 10.8. The molecule has 134 valence electrons. The highest BCUT2D eigenvalue weighted by Crippen LogP contribution is 2.33. The molecule has 1 amide bonds. The van der Waals surface area contributed by atoms with Crippen molar-refractivity contribution in [2.24, 2.45) is 5.10 Å². The molecule has 0 radical (unpaired) electrons. The van der Waals surface area contributed by atoms with Crippen molar-refractivity contribution >= 4 is 12.1 Å². The number of ether oxygens (including phenoxy) is 3. The van der Waals surface area contributed by atoms with Crippen LogP contribution in [0.4, 0.5) is 0 Å². The van der Waals surface area contributed by atoms with Gasteiger partial charge >= 0.3 is 0 Å². The first-order valence-electron chi connectivity index (χ1n) is 7.72. The summed E-state index contributed by atoms with van der Waals surface area (Å²) in [5.41, 5.74) is 5.17. The number of amides is 1. The number of benzene rings is 1. The third kappa shape index (κ3) is 3.90. The van der Waals surface area contributed by atoms with Crippen LogP contribution in [0.3, 0.4) is 0 Å². The summed E-state index contributed by atoms with van der Waals surface area (Å²) in [6.45, 7) is 3.84. The maximum Gasteiger partial charge on any atom is 0.292 e. The largest absolute Gasteiger partial charge is 0.496 e. The fraction of sp³-hybridized carbons (Fsp3) is 0.353. The van der Waals surface area contributed by atoms with E-state index in [1.165, 1.54) is 13.3 Å². The number of methoxy groups -OCH3 is 3. The number of nitrogens with zero attached hydrogens (tertiary/aromatic N) is 2. The molecule has 0 unspecified atom stereocenters. The fourth-order valence-electron chi connectivity index (χ4n) is 2.37. The van der Waals surface area contributed by atoms with Crippen molar-refractivity contribution < 1.29 is 19.0 Å². The zero-order chi connectivity index (χ0) is 18.4. The Hall–Kier alpha value is -3.03. The van der Waals surface area contributed by atoms with E-state index in [4.69, 9.17) is 14.2 Å². The molecule has 0 aliphatic carbocycles. The van der Waals surface area contributed by atoms with Gasteiger partial charge in [0.25, 0.3) is 5.91 Å². The van der Waals surface area contributed by atoms with E-state index in [1.807, 2.05) is 13.8 Å². The number of carbonyl (C=O) groups is 1. The number of hydrogen-bond acceptors (Lipinski definition) is 6. The lowest BCUT2D eigenvalue weighted by atomic mass is 10.1. The van der Waals surface area contributed by atoms with E-state index < -0.39 is 0 Å². The second-order valence-electron chi connectivity index (χ2n) is 5.18. The van der Waals surface area contributed by atoms with Crippen molar-refractivity contribution in [3.8, 4) is 17.2 Å². The average molecular weight is 346 g/mol. The van der Waals surface area contributed by atoms with Crippen LogP contribution in [0.2, 0.25) is 0 Å². The zero-order valence-electron chi connectivity index (χ0n) is 15.0. The molecular formula is C17H22N4O4. The number of aromatic nitrogens is 2. The van der Waals surface area contributed by atoms with E-state index in [2.05, 4.69) is 20.7 Å². The first kappa shape index (κ1) is 18.3. The number of aromatic amines is 1. The van der Waals surface area contributed by atoms with Gasteiger partial charge in [0.15, 0.2) is 17.2 Å². The highest BCUT2D eigenvalue weighted by molar-refractivity contribution is 5.95. The van der Waals surface area contributed by atoms with Crippen LogP contribution in [0.5, 0.6) is 17.2 Å². The van der Waals surface area contributed by atoms with Crippen LogP contribution >= 0.6 is 0 Å². The van der Waals surface area contributed by atoms with Crippen LogP contribution in [-0.4, -0.2) is 43.6 Å². The average Bonchev–Trinajstić information content (AvgIpc) is 3.01. The molecule has 0 saturated carbocycles. The summed E-state index contributed by atoms with van der Waals surface area (Å²) in [6, 6.07) is 3.40. The summed E-state index contributed by atoms with van der Waals surface area (Å²) in [7, 11) is 4.62. The Bertz CT molecular complexity index is 783. The molecule has 0 spiro atoms. The van der Waals surface area contributed by atoms with Gasteiger partial charge in [0, 0.05) is 22.9 Å². The molecule has 8 heteroatoms. The summed E-state index contributed by atoms with van der Waals surface area (Å²) < 4.78 is 15.8. The smallest absolute Gasteiger partial charge is 0.292 e. The van der Waals surface area contributed by atoms with Crippen LogP contribution < -0.4 is 19.6 Å². The van der Waals surface area contributed by atoms with Crippen LogP contribution in [0.15, 0.2) is 17.2 Å². The maximum atomic E-state index is 12.2. The van der Waals surface area contributed by atoms with Gasteiger partial charge < -0.3 is 14.2 Å². The van der Waals surface area contributed by atoms with E-state index in [0.717, 1.165) is 17.7 Å². The van der Waals surface area contributed by atoms with Gasteiger partial charge in [0.05, 0.1) is 27.5 Å². The Balaban J connectivity index is 2.18. The van der Waals surface area contributed by atoms with E-state index in [-0.39, 0.29) is 5.91 Å². The number of rotatable bonds is 7. The Kier molecular flexibility index (Phi) is 5.99. The summed E-state index contributed by atoms with van der Waals surface area (Å²) in [5.74, 6) is 1.23. The standard InChI is InChI=1S/C17H22N4O4/c1-6-12-10(2)16(20-19-12)17(22)21-18-9-11-7-14(24-4)15(25-5)8-13(11)23-3/h7-9H,6H2,1-5H3,(H,19,20)(H,21,22)/b18-9+. The summed E-state index contributed by atoms with van der Waals surface area (Å²) in [4.78, 5) is 12.2. The second-order valence-corrected chi connectivity index (χ2v) is 5.18. The molecule has 0 bridgehead atoms. The SMILES string of the molecule is CCc1[nH]nc(C(=O)N/N=C/c2cc(OC)c(OC)cc2OC)c1C. The number of aryl methyl sites for hydroxylation is 1. The van der Waals surface area contributed by atoms with Crippen molar-refractivity contribution in [2.45, 2.75) is 20.3 Å². The van der Waals surface area contributed by atoms with Crippen LogP contribution in [0.25, 0.3) is 0 Å². The molecule has 0 aliphatic rings. The van der Waals surface area contributed by atoms with E-state index in [0.29, 0.717) is 28.5 Å². The van der Waals surface area contributed by atoms with Gasteiger partial charge in [-0.25, -0.2) is 5.43 Å². The minimum atomic E-state index is -0.385. The lowest BCUT2D eigenvalue weighted by molar-refractivity contribution is 0.0949. The Labute approximate surface area is 146 Å². The maximum absolute atomic E-state index is 12.2. The molecule has 8 nitrogen and oxygen atoms in total. The molecule has 1 aromatic carbocycles. The van der Waals surface area contributed by atoms with Gasteiger partial charge in [-0.3, -0.25) is 9.89 Å². The molecule has 0 aliphatic heterocycles. The molecule has 0 atom stereocenters. The van der Waals surface area contributed by atoms with Crippen molar-refractivity contribution in [1.82, 2.24) is 15.6 Å². The summed E-state index contributed by atoms with van der Waals surface area (Å²) >= 11 is 0. The fourth-order valence-corrected chi connectivity index (χ4v) is 2.37. The third-order valence-corrected chi connectivity index (χ3v) is 3.78. The van der Waals surface area contributed by atoms with Gasteiger partial charge in [-0.05, 0) is 19.4 Å². The van der Waals surface area contributed by atoms with E-state index >= 15 is 0 Å². The van der Waals surface area contributed by atoms with Gasteiger partial charge in [-0.15, -0.1) is 0 Å². The predicted molar refractivity (Wildman–Crippen MR) is 93.9 cm³/mol. The van der Waals surface area contributed by atoms with Gasteiger partial charge in [0.1, 0.15) is 5.75 Å². The minimum Gasteiger partial charge on any atom is -0.496 e. The van der Waals surface area contributed by atoms with E-state index in [9.17, 15) is 4.79 Å². The van der Waals surface area contributed by atoms with Crippen LogP contribution in [-0.2, 0) is 6.42 Å². The predicted octanol–water partition coefficient (Wildman–Crippen LogP) is 2.07. The molecule has 1 heterocycles. The first-order valence-corrected chi connectivity index (χ1v) is 7.72. The molecule has 0 saturated heterocycles. The minimum absolute atomic E-state index is 0.327. The molecule has 2 aromatic rings. The topological polar surface area (TPSA) is 97.8 Å². The number of hydrazone groups is 1. The quantitative estimate of drug-likeness (QED) is 0.591. The van der Waals surface area contributed by atoms with Crippen molar-refractivity contribution in [2.75, 3.05) is 21.3 Å². The van der Waals surface area contributed by atoms with Crippen molar-refractivity contribution in [3.63, 3.8) is 0 Å². The Morgan fingerprint density at radius 1 is 1.20 bits per heavy atom. The molecule has 2 rings (SSSR count). The Morgan fingerprint density at radius 2 is 1.84 bits per heavy atom. The number of H-pyrrole nitrogens is 1. The van der Waals surface area contributed by atoms with Crippen molar-refractivity contribution in [3.05, 3.63) is 34.6 Å². The van der Waals surface area contributed by atoms with Gasteiger partial charge in [-0.1, -0.05) is 6.92 Å². The monoisotopic (exact) mass is 346 g/mol. The lowest BCUT2D eigenvalue weighted by Crippen LogP contribution is -2.19. The number of carbonyl (C=O) groups excluding carboxylic acids is 1. The van der Waals surface area contributed by atoms with Gasteiger partial charge in [-0.2, -0.15) is 10.2 Å². The molecule has 1 aromatic heterocycles. The van der Waals surface area contributed by atoms with Gasteiger partial charge in [0.2, 0.25) is 0 Å². The lowest BCUT2D eigenvalue weighted by Gasteiger charge is -2.11. The molecule has 25 heavy (non-hydrogen) atoms. The second kappa shape index (κ2) is 8.18. The molecule has 2 N–H and O–H groups in total. The highest BCUT2D eigenvalue weighted by Gasteiger charge is 2.15. The Morgan fingerprint density at radius 3 is 2.40 bits per heavy atom. The molecule has 0 fully saturated rings. The highest BCUT2D eigenvalue weighted by atomic mass is 16.5. The molecular weight excluding hydrogens is 324 g/mol. The summed E-state index contributed by atoms with van der Waals surface area (Å²) in [6.07, 6.45) is 2.25. The number of nitrogens with one attached hydrogen (secondary N) is 2. The van der Waals surface area contributed by atoms with Crippen LogP contribution in [0.1, 0.15) is 34.2 Å². The summed E-state index contributed by atoms with van der Waals surface area (Å²) in [5, 5.41) is 10.8. The van der Waals surface area contributed by atoms with E-state index in [1.54, 1.807) is 26.4 Å². The van der Waals surface area contributed by atoms with Crippen molar-refractivity contribution in [1.29, 1.82) is 0 Å².